The monoisotopic (exact) mass is 396 g/mol. The zero-order valence-electron chi connectivity index (χ0n) is 17.0. The number of ether oxygens (including phenoxy) is 2. The average Bonchev–Trinajstić information content (AvgIpc) is 2.75. The number of likely N-dealkylation sites (tertiary alicyclic amines) is 1. The number of rotatable bonds is 7. The number of benzene rings is 2. The average molecular weight is 396 g/mol. The summed E-state index contributed by atoms with van der Waals surface area (Å²) in [5, 5.41) is 3.00. The number of nitrogens with zero attached hydrogens (tertiary/aromatic N) is 1. The van der Waals surface area contributed by atoms with Gasteiger partial charge in [-0.15, -0.1) is 0 Å². The largest absolute Gasteiger partial charge is 0.497 e. The predicted molar refractivity (Wildman–Crippen MR) is 112 cm³/mol. The Morgan fingerprint density at radius 1 is 1.17 bits per heavy atom. The van der Waals surface area contributed by atoms with Gasteiger partial charge in [-0.25, -0.2) is 0 Å². The van der Waals surface area contributed by atoms with E-state index >= 15 is 0 Å². The summed E-state index contributed by atoms with van der Waals surface area (Å²) in [5.41, 5.74) is 1.58. The van der Waals surface area contributed by atoms with E-state index in [-0.39, 0.29) is 17.8 Å². The third-order valence-electron chi connectivity index (χ3n) is 5.14. The van der Waals surface area contributed by atoms with Crippen molar-refractivity contribution in [3.8, 4) is 5.75 Å². The fraction of sp³-hybridized carbons (Fsp3) is 0.391. The van der Waals surface area contributed by atoms with Gasteiger partial charge in [-0.3, -0.25) is 14.5 Å². The second-order valence-corrected chi connectivity index (χ2v) is 7.12. The van der Waals surface area contributed by atoms with Gasteiger partial charge in [-0.1, -0.05) is 36.4 Å². The molecule has 1 aliphatic rings. The molecule has 2 unspecified atom stereocenters. The first-order valence-electron chi connectivity index (χ1n) is 10.0. The minimum atomic E-state index is -0.486. The van der Waals surface area contributed by atoms with Crippen molar-refractivity contribution in [2.24, 2.45) is 5.92 Å². The first kappa shape index (κ1) is 20.9. The van der Waals surface area contributed by atoms with Crippen LogP contribution in [0.5, 0.6) is 5.75 Å². The Balaban J connectivity index is 1.82. The van der Waals surface area contributed by atoms with Crippen LogP contribution in [0, 0.1) is 5.92 Å². The highest BCUT2D eigenvalue weighted by Gasteiger charge is 2.34. The SMILES string of the molecule is CCOC(=O)C1CCCN(C(C(=O)Nc2cccc(OC)c2)c2ccccc2)C1. The number of esters is 1. The molecule has 0 bridgehead atoms. The Labute approximate surface area is 171 Å². The van der Waals surface area contributed by atoms with Gasteiger partial charge in [0.15, 0.2) is 0 Å². The lowest BCUT2D eigenvalue weighted by Crippen LogP contribution is -2.45. The maximum atomic E-state index is 13.3. The van der Waals surface area contributed by atoms with E-state index in [2.05, 4.69) is 10.2 Å². The van der Waals surface area contributed by atoms with Crippen LogP contribution in [-0.2, 0) is 14.3 Å². The zero-order valence-corrected chi connectivity index (χ0v) is 17.0. The van der Waals surface area contributed by atoms with E-state index < -0.39 is 6.04 Å². The van der Waals surface area contributed by atoms with Crippen molar-refractivity contribution in [2.75, 3.05) is 32.1 Å². The number of carbonyl (C=O) groups excluding carboxylic acids is 2. The van der Waals surface area contributed by atoms with Crippen molar-refractivity contribution in [3.63, 3.8) is 0 Å². The van der Waals surface area contributed by atoms with Crippen molar-refractivity contribution in [1.82, 2.24) is 4.90 Å². The third kappa shape index (κ3) is 5.35. The van der Waals surface area contributed by atoms with Crippen LogP contribution in [0.2, 0.25) is 0 Å². The first-order valence-corrected chi connectivity index (χ1v) is 10.0. The maximum Gasteiger partial charge on any atom is 0.310 e. The van der Waals surface area contributed by atoms with Gasteiger partial charge in [0, 0.05) is 18.3 Å². The Morgan fingerprint density at radius 3 is 2.69 bits per heavy atom. The van der Waals surface area contributed by atoms with Crippen LogP contribution >= 0.6 is 0 Å². The lowest BCUT2D eigenvalue weighted by molar-refractivity contribution is -0.151. The van der Waals surface area contributed by atoms with Crippen molar-refractivity contribution in [2.45, 2.75) is 25.8 Å². The molecule has 1 amide bonds. The Morgan fingerprint density at radius 2 is 1.97 bits per heavy atom. The summed E-state index contributed by atoms with van der Waals surface area (Å²) in [6.45, 7) is 3.44. The number of amides is 1. The molecule has 3 rings (SSSR count). The number of methoxy groups -OCH3 is 1. The van der Waals surface area contributed by atoms with E-state index in [4.69, 9.17) is 9.47 Å². The van der Waals surface area contributed by atoms with Crippen LogP contribution in [0.15, 0.2) is 54.6 Å². The van der Waals surface area contributed by atoms with Crippen molar-refractivity contribution in [3.05, 3.63) is 60.2 Å². The summed E-state index contributed by atoms with van der Waals surface area (Å²) in [7, 11) is 1.59. The summed E-state index contributed by atoms with van der Waals surface area (Å²) in [6.07, 6.45) is 1.63. The summed E-state index contributed by atoms with van der Waals surface area (Å²) in [6, 6.07) is 16.5. The molecule has 2 atom stereocenters. The van der Waals surface area contributed by atoms with E-state index in [0.29, 0.717) is 24.6 Å². The Bertz CT molecular complexity index is 825. The summed E-state index contributed by atoms with van der Waals surface area (Å²) in [5.74, 6) is 0.158. The van der Waals surface area contributed by atoms with Gasteiger partial charge in [0.1, 0.15) is 11.8 Å². The van der Waals surface area contributed by atoms with E-state index in [1.54, 1.807) is 13.2 Å². The molecule has 0 aliphatic carbocycles. The number of hydrogen-bond donors (Lipinski definition) is 1. The molecule has 1 N–H and O–H groups in total. The van der Waals surface area contributed by atoms with Crippen molar-refractivity contribution < 1.29 is 19.1 Å². The molecule has 154 valence electrons. The molecule has 1 heterocycles. The summed E-state index contributed by atoms with van der Waals surface area (Å²) < 4.78 is 10.5. The van der Waals surface area contributed by atoms with Gasteiger partial charge in [0.25, 0.3) is 0 Å². The molecule has 2 aromatic rings. The number of anilines is 1. The first-order chi connectivity index (χ1) is 14.1. The van der Waals surface area contributed by atoms with Gasteiger partial charge >= 0.3 is 5.97 Å². The summed E-state index contributed by atoms with van der Waals surface area (Å²) in [4.78, 5) is 27.7. The number of carbonyl (C=O) groups is 2. The highest BCUT2D eigenvalue weighted by Crippen LogP contribution is 2.29. The summed E-state index contributed by atoms with van der Waals surface area (Å²) >= 11 is 0. The fourth-order valence-corrected chi connectivity index (χ4v) is 3.77. The molecule has 1 aliphatic heterocycles. The van der Waals surface area contributed by atoms with Gasteiger partial charge < -0.3 is 14.8 Å². The second kappa shape index (κ2) is 10.1. The molecule has 0 radical (unpaired) electrons. The third-order valence-corrected chi connectivity index (χ3v) is 5.14. The minimum absolute atomic E-state index is 0.131. The van der Waals surface area contributed by atoms with Crippen LogP contribution in [0.3, 0.4) is 0 Å². The molecule has 1 fully saturated rings. The number of piperidine rings is 1. The molecule has 0 spiro atoms. The molecule has 1 saturated heterocycles. The maximum absolute atomic E-state index is 13.3. The minimum Gasteiger partial charge on any atom is -0.497 e. The molecule has 6 heteroatoms. The van der Waals surface area contributed by atoms with Crippen molar-refractivity contribution in [1.29, 1.82) is 0 Å². The molecular formula is C23H28N2O4. The van der Waals surface area contributed by atoms with Gasteiger partial charge in [-0.05, 0) is 44.0 Å². The normalized spacial score (nSPS) is 17.9. The standard InChI is InChI=1S/C23H28N2O4/c1-3-29-23(27)18-11-8-14-25(16-18)21(17-9-5-4-6-10-17)22(26)24-19-12-7-13-20(15-19)28-2/h4-7,9-10,12-13,15,18,21H,3,8,11,14,16H2,1-2H3,(H,24,26). The quantitative estimate of drug-likeness (QED) is 0.724. The van der Waals surface area contributed by atoms with Gasteiger partial charge in [-0.2, -0.15) is 0 Å². The van der Waals surface area contributed by atoms with E-state index in [0.717, 1.165) is 24.9 Å². The van der Waals surface area contributed by atoms with E-state index in [1.165, 1.54) is 0 Å². The van der Waals surface area contributed by atoms with Crippen LogP contribution in [0.4, 0.5) is 5.69 Å². The predicted octanol–water partition coefficient (Wildman–Crippen LogP) is 3.65. The van der Waals surface area contributed by atoms with Crippen molar-refractivity contribution >= 4 is 17.6 Å². The zero-order chi connectivity index (χ0) is 20.6. The second-order valence-electron chi connectivity index (χ2n) is 7.12. The van der Waals surface area contributed by atoms with Crippen LogP contribution < -0.4 is 10.1 Å². The van der Waals surface area contributed by atoms with Crippen LogP contribution in [0.25, 0.3) is 0 Å². The Hall–Kier alpha value is -2.86. The molecule has 6 nitrogen and oxygen atoms in total. The number of nitrogens with one attached hydrogen (secondary N) is 1. The smallest absolute Gasteiger partial charge is 0.310 e. The lowest BCUT2D eigenvalue weighted by Gasteiger charge is -2.36. The van der Waals surface area contributed by atoms with E-state index in [9.17, 15) is 9.59 Å². The Kier molecular flexibility index (Phi) is 7.25. The van der Waals surface area contributed by atoms with Gasteiger partial charge in [0.2, 0.25) is 5.91 Å². The van der Waals surface area contributed by atoms with Gasteiger partial charge in [0.05, 0.1) is 19.6 Å². The highest BCUT2D eigenvalue weighted by molar-refractivity contribution is 5.95. The topological polar surface area (TPSA) is 67.9 Å². The molecule has 2 aromatic carbocycles. The molecule has 0 saturated carbocycles. The molecule has 0 aromatic heterocycles. The lowest BCUT2D eigenvalue weighted by atomic mass is 9.94. The molecular weight excluding hydrogens is 368 g/mol. The fourth-order valence-electron chi connectivity index (χ4n) is 3.77. The van der Waals surface area contributed by atoms with Crippen LogP contribution in [0.1, 0.15) is 31.4 Å². The number of hydrogen-bond acceptors (Lipinski definition) is 5. The van der Waals surface area contributed by atoms with E-state index in [1.807, 2.05) is 55.5 Å². The highest BCUT2D eigenvalue weighted by atomic mass is 16.5. The molecule has 29 heavy (non-hydrogen) atoms. The van der Waals surface area contributed by atoms with Crippen LogP contribution in [-0.4, -0.2) is 43.6 Å².